The molecule has 6 heteroatoms. The van der Waals surface area contributed by atoms with E-state index in [-0.39, 0.29) is 18.5 Å². The molecule has 1 amide bonds. The molecule has 3 rings (SSSR count). The van der Waals surface area contributed by atoms with Crippen LogP contribution in [0.3, 0.4) is 0 Å². The predicted octanol–water partition coefficient (Wildman–Crippen LogP) is 1.93. The number of benzene rings is 1. The first kappa shape index (κ1) is 12.0. The molecule has 1 aliphatic heterocycles. The summed E-state index contributed by atoms with van der Waals surface area (Å²) in [7, 11) is 0. The molecular weight excluding hydrogens is 258 g/mol. The van der Waals surface area contributed by atoms with Gasteiger partial charge in [-0.3, -0.25) is 4.79 Å². The van der Waals surface area contributed by atoms with Crippen molar-refractivity contribution in [3.63, 3.8) is 0 Å². The van der Waals surface area contributed by atoms with Gasteiger partial charge in [-0.15, -0.1) is 0 Å². The second-order valence-electron chi connectivity index (χ2n) is 4.03. The van der Waals surface area contributed by atoms with Crippen molar-refractivity contribution < 1.29 is 14.3 Å². The van der Waals surface area contributed by atoms with Crippen LogP contribution in [-0.2, 0) is 0 Å². The number of amides is 1. The molecule has 20 heavy (non-hydrogen) atoms. The number of fused-ring (bicyclic) bond motifs is 1. The third-order valence-corrected chi connectivity index (χ3v) is 2.79. The Bertz CT molecular complexity index is 722. The smallest absolute Gasteiger partial charge is 0.256 e. The van der Waals surface area contributed by atoms with E-state index in [1.54, 1.807) is 30.3 Å². The summed E-state index contributed by atoms with van der Waals surface area (Å²) in [6.07, 6.45) is 1.51. The van der Waals surface area contributed by atoms with E-state index in [2.05, 4.69) is 10.3 Å². The van der Waals surface area contributed by atoms with Gasteiger partial charge in [-0.05, 0) is 30.3 Å². The zero-order chi connectivity index (χ0) is 13.9. The number of anilines is 1. The van der Waals surface area contributed by atoms with Crippen LogP contribution < -0.4 is 14.8 Å². The SMILES string of the molecule is N#Cc1cccnc1NC(=O)c1ccc2c(c1)OCO2. The molecule has 2 heterocycles. The van der Waals surface area contributed by atoms with Gasteiger partial charge >= 0.3 is 0 Å². The number of aromatic nitrogens is 1. The summed E-state index contributed by atoms with van der Waals surface area (Å²) in [6, 6.07) is 10.1. The van der Waals surface area contributed by atoms with E-state index in [0.29, 0.717) is 22.6 Å². The molecule has 0 unspecified atom stereocenters. The van der Waals surface area contributed by atoms with E-state index in [1.165, 1.54) is 6.20 Å². The molecule has 0 bridgehead atoms. The monoisotopic (exact) mass is 267 g/mol. The first-order valence-electron chi connectivity index (χ1n) is 5.84. The molecular formula is C14H9N3O3. The molecule has 98 valence electrons. The lowest BCUT2D eigenvalue weighted by molar-refractivity contribution is 0.102. The Kier molecular flexibility index (Phi) is 2.94. The van der Waals surface area contributed by atoms with Gasteiger partial charge in [-0.1, -0.05) is 0 Å². The first-order valence-corrected chi connectivity index (χ1v) is 5.84. The van der Waals surface area contributed by atoms with Crippen LogP contribution in [0.25, 0.3) is 0 Å². The molecule has 1 aliphatic rings. The van der Waals surface area contributed by atoms with Crippen molar-refractivity contribution in [2.75, 3.05) is 12.1 Å². The fraction of sp³-hybridized carbons (Fsp3) is 0.0714. The number of nitriles is 1. The van der Waals surface area contributed by atoms with Crippen LogP contribution in [0.1, 0.15) is 15.9 Å². The summed E-state index contributed by atoms with van der Waals surface area (Å²) < 4.78 is 10.4. The lowest BCUT2D eigenvalue weighted by Crippen LogP contribution is -2.13. The number of rotatable bonds is 2. The normalized spacial score (nSPS) is 11.8. The van der Waals surface area contributed by atoms with Crippen LogP contribution in [0.15, 0.2) is 36.5 Å². The van der Waals surface area contributed by atoms with Crippen molar-refractivity contribution in [1.29, 1.82) is 5.26 Å². The van der Waals surface area contributed by atoms with Gasteiger partial charge in [-0.25, -0.2) is 4.98 Å². The number of carbonyl (C=O) groups excluding carboxylic acids is 1. The van der Waals surface area contributed by atoms with Gasteiger partial charge in [0.1, 0.15) is 6.07 Å². The maximum absolute atomic E-state index is 12.1. The van der Waals surface area contributed by atoms with E-state index < -0.39 is 0 Å². The Hall–Kier alpha value is -3.07. The highest BCUT2D eigenvalue weighted by molar-refractivity contribution is 6.04. The highest BCUT2D eigenvalue weighted by Gasteiger charge is 2.17. The molecule has 1 N–H and O–H groups in total. The number of hydrogen-bond donors (Lipinski definition) is 1. The van der Waals surface area contributed by atoms with Crippen LogP contribution >= 0.6 is 0 Å². The lowest BCUT2D eigenvalue weighted by atomic mass is 10.2. The predicted molar refractivity (Wildman–Crippen MR) is 69.5 cm³/mol. The van der Waals surface area contributed by atoms with Gasteiger partial charge in [0.25, 0.3) is 5.91 Å². The zero-order valence-corrected chi connectivity index (χ0v) is 10.3. The molecule has 0 fully saturated rings. The topological polar surface area (TPSA) is 84.2 Å². The molecule has 0 saturated heterocycles. The van der Waals surface area contributed by atoms with Crippen molar-refractivity contribution in [1.82, 2.24) is 4.98 Å². The third kappa shape index (κ3) is 2.12. The molecule has 0 atom stereocenters. The Morgan fingerprint density at radius 1 is 1.30 bits per heavy atom. The fourth-order valence-electron chi connectivity index (χ4n) is 1.81. The van der Waals surface area contributed by atoms with Gasteiger partial charge in [0.15, 0.2) is 17.3 Å². The lowest BCUT2D eigenvalue weighted by Gasteiger charge is -2.06. The first-order chi connectivity index (χ1) is 9.78. The van der Waals surface area contributed by atoms with Crippen LogP contribution in [0.4, 0.5) is 5.82 Å². The van der Waals surface area contributed by atoms with Crippen molar-refractivity contribution in [2.45, 2.75) is 0 Å². The summed E-state index contributed by atoms with van der Waals surface area (Å²) >= 11 is 0. The van der Waals surface area contributed by atoms with E-state index in [1.807, 2.05) is 6.07 Å². The Morgan fingerprint density at radius 3 is 3.00 bits per heavy atom. The van der Waals surface area contributed by atoms with Crippen molar-refractivity contribution in [3.05, 3.63) is 47.7 Å². The number of ether oxygens (including phenoxy) is 2. The Morgan fingerprint density at radius 2 is 2.15 bits per heavy atom. The second kappa shape index (κ2) is 4.90. The number of pyridine rings is 1. The molecule has 0 aliphatic carbocycles. The van der Waals surface area contributed by atoms with Crippen LogP contribution in [0.5, 0.6) is 11.5 Å². The summed E-state index contributed by atoms with van der Waals surface area (Å²) in [5.41, 5.74) is 0.713. The molecule has 2 aromatic rings. The van der Waals surface area contributed by atoms with Crippen molar-refractivity contribution >= 4 is 11.7 Å². The molecule has 1 aromatic heterocycles. The molecule has 0 radical (unpaired) electrons. The fourth-order valence-corrected chi connectivity index (χ4v) is 1.81. The van der Waals surface area contributed by atoms with Crippen molar-refractivity contribution in [3.8, 4) is 17.6 Å². The minimum atomic E-state index is -0.362. The standard InChI is InChI=1S/C14H9N3O3/c15-7-10-2-1-5-16-13(10)17-14(18)9-3-4-11-12(6-9)20-8-19-11/h1-6H,8H2,(H,16,17,18). The summed E-state index contributed by atoms with van der Waals surface area (Å²) in [4.78, 5) is 16.1. The average molecular weight is 267 g/mol. The maximum atomic E-state index is 12.1. The minimum absolute atomic E-state index is 0.152. The second-order valence-corrected chi connectivity index (χ2v) is 4.03. The maximum Gasteiger partial charge on any atom is 0.256 e. The summed E-state index contributed by atoms with van der Waals surface area (Å²) in [5.74, 6) is 1.01. The van der Waals surface area contributed by atoms with E-state index in [4.69, 9.17) is 14.7 Å². The van der Waals surface area contributed by atoms with Crippen LogP contribution in [0, 0.1) is 11.3 Å². The number of nitrogens with zero attached hydrogens (tertiary/aromatic N) is 2. The molecule has 0 saturated carbocycles. The quantitative estimate of drug-likeness (QED) is 0.898. The molecule has 0 spiro atoms. The van der Waals surface area contributed by atoms with Gasteiger partial charge in [0.2, 0.25) is 6.79 Å². The van der Waals surface area contributed by atoms with Gasteiger partial charge in [-0.2, -0.15) is 5.26 Å². The average Bonchev–Trinajstić information content (AvgIpc) is 2.95. The number of carbonyl (C=O) groups is 1. The third-order valence-electron chi connectivity index (χ3n) is 2.79. The van der Waals surface area contributed by atoms with Crippen LogP contribution in [0.2, 0.25) is 0 Å². The number of nitrogens with one attached hydrogen (secondary N) is 1. The highest BCUT2D eigenvalue weighted by Crippen LogP contribution is 2.32. The largest absolute Gasteiger partial charge is 0.454 e. The minimum Gasteiger partial charge on any atom is -0.454 e. The summed E-state index contributed by atoms with van der Waals surface area (Å²) in [6.45, 7) is 0.152. The van der Waals surface area contributed by atoms with Gasteiger partial charge in [0.05, 0.1) is 5.56 Å². The van der Waals surface area contributed by atoms with E-state index in [9.17, 15) is 4.79 Å². The van der Waals surface area contributed by atoms with Crippen molar-refractivity contribution in [2.24, 2.45) is 0 Å². The zero-order valence-electron chi connectivity index (χ0n) is 10.3. The van der Waals surface area contributed by atoms with E-state index >= 15 is 0 Å². The molecule has 6 nitrogen and oxygen atoms in total. The van der Waals surface area contributed by atoms with Gasteiger partial charge < -0.3 is 14.8 Å². The summed E-state index contributed by atoms with van der Waals surface area (Å²) in [5, 5.41) is 11.6. The highest BCUT2D eigenvalue weighted by atomic mass is 16.7. The Balaban J connectivity index is 1.85. The van der Waals surface area contributed by atoms with Gasteiger partial charge in [0, 0.05) is 11.8 Å². The number of hydrogen-bond acceptors (Lipinski definition) is 5. The molecule has 1 aromatic carbocycles. The Labute approximate surface area is 114 Å². The van der Waals surface area contributed by atoms with Crippen LogP contribution in [-0.4, -0.2) is 17.7 Å². The van der Waals surface area contributed by atoms with E-state index in [0.717, 1.165) is 0 Å².